The zero-order valence-electron chi connectivity index (χ0n) is 8.08. The van der Waals surface area contributed by atoms with Crippen LogP contribution in [0.25, 0.3) is 21.0 Å². The van der Waals surface area contributed by atoms with Crippen molar-refractivity contribution in [3.8, 4) is 0 Å². The van der Waals surface area contributed by atoms with E-state index in [4.69, 9.17) is 0 Å². The number of thiazole rings is 1. The smallest absolute Gasteiger partial charge is 0.0787 e. The summed E-state index contributed by atoms with van der Waals surface area (Å²) in [6.07, 6.45) is 0. The van der Waals surface area contributed by atoms with E-state index in [9.17, 15) is 0 Å². The molecule has 0 atom stereocenters. The van der Waals surface area contributed by atoms with Gasteiger partial charge in [0.2, 0.25) is 0 Å². The third kappa shape index (κ3) is 1.71. The van der Waals surface area contributed by atoms with Crippen LogP contribution in [-0.2, 0) is 20.1 Å². The maximum absolute atomic E-state index is 4.53. The Morgan fingerprint density at radius 2 is 2.13 bits per heavy atom. The molecule has 0 N–H and O–H groups in total. The van der Waals surface area contributed by atoms with Gasteiger partial charge in [-0.1, -0.05) is 12.1 Å². The zero-order chi connectivity index (χ0) is 9.54. The minimum absolute atomic E-state index is 0. The third-order valence-electron chi connectivity index (χ3n) is 2.30. The van der Waals surface area contributed by atoms with Crippen molar-refractivity contribution in [1.82, 2.24) is 4.98 Å². The number of benzene rings is 2. The first-order valence-electron chi connectivity index (χ1n) is 4.51. The summed E-state index contributed by atoms with van der Waals surface area (Å²) < 4.78 is 1.25. The molecular weight excluding hydrogens is 382 g/mol. The molecule has 0 spiro atoms. The molecule has 0 fully saturated rings. The Hall–Kier alpha value is -0.761. The van der Waals surface area contributed by atoms with E-state index in [1.54, 1.807) is 11.3 Å². The largest absolute Gasteiger partial charge is 0.290 e. The topological polar surface area (TPSA) is 12.9 Å². The van der Waals surface area contributed by atoms with Crippen molar-refractivity contribution in [2.45, 2.75) is 6.92 Å². The standard InChI is InChI=1S/C12H8NS.Ir/c1-8-13-12-10-5-3-2-4-9(10)6-7-11(12)14-8;/h2-4,6-7H,1H3;/q-1;. The molecule has 3 heteroatoms. The van der Waals surface area contributed by atoms with Crippen molar-refractivity contribution in [2.75, 3.05) is 0 Å². The van der Waals surface area contributed by atoms with E-state index in [0.29, 0.717) is 0 Å². The van der Waals surface area contributed by atoms with Crippen LogP contribution in [-0.4, -0.2) is 4.98 Å². The molecule has 0 saturated heterocycles. The van der Waals surface area contributed by atoms with Gasteiger partial charge in [0.1, 0.15) is 0 Å². The van der Waals surface area contributed by atoms with Crippen molar-refractivity contribution in [1.29, 1.82) is 0 Å². The molecule has 0 aliphatic rings. The van der Waals surface area contributed by atoms with Crippen LogP contribution in [0.5, 0.6) is 0 Å². The van der Waals surface area contributed by atoms with Gasteiger partial charge in [0.05, 0.1) is 5.01 Å². The van der Waals surface area contributed by atoms with E-state index in [0.717, 1.165) is 15.9 Å². The molecular formula is C12H8IrNS-. The summed E-state index contributed by atoms with van der Waals surface area (Å²) in [5, 5.41) is 3.46. The Morgan fingerprint density at radius 3 is 3.00 bits per heavy atom. The number of aryl methyl sites for hydroxylation is 1. The molecule has 77 valence electrons. The van der Waals surface area contributed by atoms with Gasteiger partial charge >= 0.3 is 0 Å². The Kier molecular flexibility index (Phi) is 2.87. The van der Waals surface area contributed by atoms with E-state index in [2.05, 4.69) is 29.2 Å². The summed E-state index contributed by atoms with van der Waals surface area (Å²) in [5.41, 5.74) is 1.09. The first kappa shape index (κ1) is 10.7. The fourth-order valence-electron chi connectivity index (χ4n) is 1.69. The Morgan fingerprint density at radius 1 is 1.27 bits per heavy atom. The summed E-state index contributed by atoms with van der Waals surface area (Å²) in [5.74, 6) is 0. The monoisotopic (exact) mass is 391 g/mol. The van der Waals surface area contributed by atoms with Gasteiger partial charge in [0.15, 0.2) is 0 Å². The molecule has 0 aliphatic carbocycles. The quantitative estimate of drug-likeness (QED) is 0.535. The molecule has 1 aromatic heterocycles. The van der Waals surface area contributed by atoms with Gasteiger partial charge in [0.25, 0.3) is 0 Å². The summed E-state index contributed by atoms with van der Waals surface area (Å²) in [7, 11) is 0. The number of aromatic nitrogens is 1. The maximum atomic E-state index is 4.53. The van der Waals surface area contributed by atoms with Gasteiger partial charge in [0, 0.05) is 30.3 Å². The molecule has 0 saturated carbocycles. The Bertz CT molecular complexity index is 615. The first-order valence-corrected chi connectivity index (χ1v) is 5.33. The normalized spacial score (nSPS) is 10.5. The molecule has 1 heterocycles. The van der Waals surface area contributed by atoms with Crippen molar-refractivity contribution < 1.29 is 20.1 Å². The fraction of sp³-hybridized carbons (Fsp3) is 0.0833. The van der Waals surface area contributed by atoms with Crippen LogP contribution in [0.15, 0.2) is 30.3 Å². The number of hydrogen-bond donors (Lipinski definition) is 0. The predicted molar refractivity (Wildman–Crippen MR) is 60.7 cm³/mol. The number of hydrogen-bond acceptors (Lipinski definition) is 2. The zero-order valence-corrected chi connectivity index (χ0v) is 11.3. The van der Waals surface area contributed by atoms with Crippen LogP contribution >= 0.6 is 11.3 Å². The molecule has 0 bridgehead atoms. The average Bonchev–Trinajstić information content (AvgIpc) is 2.59. The number of fused-ring (bicyclic) bond motifs is 3. The van der Waals surface area contributed by atoms with Crippen LogP contribution in [0.4, 0.5) is 0 Å². The molecule has 0 aliphatic heterocycles. The number of rotatable bonds is 0. The number of nitrogens with zero attached hydrogens (tertiary/aromatic N) is 1. The predicted octanol–water partition coefficient (Wildman–Crippen LogP) is 3.56. The van der Waals surface area contributed by atoms with E-state index in [1.807, 2.05) is 19.1 Å². The minimum Gasteiger partial charge on any atom is -0.290 e. The van der Waals surface area contributed by atoms with Gasteiger partial charge in [-0.15, -0.1) is 46.4 Å². The van der Waals surface area contributed by atoms with Crippen molar-refractivity contribution in [2.24, 2.45) is 0 Å². The second-order valence-corrected chi connectivity index (χ2v) is 4.51. The molecule has 2 aromatic carbocycles. The fourth-order valence-corrected chi connectivity index (χ4v) is 2.53. The average molecular weight is 390 g/mol. The molecule has 0 amide bonds. The van der Waals surface area contributed by atoms with E-state index < -0.39 is 0 Å². The second kappa shape index (κ2) is 4.01. The Labute approximate surface area is 105 Å². The van der Waals surface area contributed by atoms with Crippen molar-refractivity contribution in [3.05, 3.63) is 41.4 Å². The molecule has 3 rings (SSSR count). The van der Waals surface area contributed by atoms with Crippen LogP contribution < -0.4 is 0 Å². The van der Waals surface area contributed by atoms with E-state index in [1.165, 1.54) is 10.1 Å². The summed E-state index contributed by atoms with van der Waals surface area (Å²) in [6.45, 7) is 2.04. The SMILES string of the molecule is Cc1nc2c(ccc3ccc[c-]c32)s1.[Ir]. The van der Waals surface area contributed by atoms with E-state index in [-0.39, 0.29) is 20.1 Å². The molecule has 3 aromatic rings. The van der Waals surface area contributed by atoms with Crippen molar-refractivity contribution in [3.63, 3.8) is 0 Å². The van der Waals surface area contributed by atoms with Gasteiger partial charge in [-0.3, -0.25) is 4.98 Å². The van der Waals surface area contributed by atoms with Crippen LogP contribution in [0.2, 0.25) is 0 Å². The van der Waals surface area contributed by atoms with Gasteiger partial charge in [-0.2, -0.15) is 0 Å². The molecule has 0 unspecified atom stereocenters. The minimum atomic E-state index is 0. The van der Waals surface area contributed by atoms with Gasteiger partial charge in [-0.05, 0) is 6.92 Å². The van der Waals surface area contributed by atoms with Crippen molar-refractivity contribution >= 4 is 32.3 Å². The summed E-state index contributed by atoms with van der Waals surface area (Å²) >= 11 is 1.74. The van der Waals surface area contributed by atoms with Gasteiger partial charge < -0.3 is 0 Å². The summed E-state index contributed by atoms with van der Waals surface area (Å²) in [4.78, 5) is 4.53. The first-order chi connectivity index (χ1) is 6.84. The van der Waals surface area contributed by atoms with Crippen LogP contribution in [0.1, 0.15) is 5.01 Å². The molecule has 1 radical (unpaired) electrons. The van der Waals surface area contributed by atoms with Crippen LogP contribution in [0, 0.1) is 13.0 Å². The van der Waals surface area contributed by atoms with Crippen LogP contribution in [0.3, 0.4) is 0 Å². The van der Waals surface area contributed by atoms with E-state index >= 15 is 0 Å². The molecule has 15 heavy (non-hydrogen) atoms. The third-order valence-corrected chi connectivity index (χ3v) is 3.24. The summed E-state index contributed by atoms with van der Waals surface area (Å²) in [6, 6.07) is 13.6. The molecule has 1 nitrogen and oxygen atoms in total. The maximum Gasteiger partial charge on any atom is 0.0787 e. The Balaban J connectivity index is 0.000000853. The van der Waals surface area contributed by atoms with Gasteiger partial charge in [-0.25, -0.2) is 0 Å². The second-order valence-electron chi connectivity index (χ2n) is 3.28.